The van der Waals surface area contributed by atoms with Crippen LogP contribution >= 0.6 is 11.3 Å². The molecule has 0 unspecified atom stereocenters. The maximum absolute atomic E-state index is 13.0. The molecule has 0 saturated heterocycles. The van der Waals surface area contributed by atoms with Crippen molar-refractivity contribution in [1.29, 1.82) is 0 Å². The Morgan fingerprint density at radius 2 is 2.06 bits per heavy atom. The van der Waals surface area contributed by atoms with Gasteiger partial charge in [0, 0.05) is 11.4 Å². The molecule has 2 atom stereocenters. The summed E-state index contributed by atoms with van der Waals surface area (Å²) in [5, 5.41) is 11.3. The zero-order chi connectivity index (χ0) is 23.5. The number of ether oxygens (including phenoxy) is 1. The number of aliphatic hydroxyl groups is 1. The van der Waals surface area contributed by atoms with Crippen LogP contribution in [-0.2, 0) is 37.3 Å². The van der Waals surface area contributed by atoms with Crippen LogP contribution in [0, 0.1) is 5.92 Å². The molecule has 4 heterocycles. The van der Waals surface area contributed by atoms with Gasteiger partial charge in [-0.2, -0.15) is 0 Å². The molecule has 180 valence electrons. The molecule has 0 saturated carbocycles. The predicted molar refractivity (Wildman–Crippen MR) is 129 cm³/mol. The molecule has 1 aliphatic rings. The average Bonchev–Trinajstić information content (AvgIpc) is 3.54. The normalized spacial score (nSPS) is 16.9. The van der Waals surface area contributed by atoms with E-state index in [1.165, 1.54) is 10.4 Å². The topological polar surface area (TPSA) is 105 Å². The lowest BCUT2D eigenvalue weighted by atomic mass is 9.89. The van der Waals surface area contributed by atoms with Crippen molar-refractivity contribution < 1.29 is 18.7 Å². The van der Waals surface area contributed by atoms with Gasteiger partial charge in [0.15, 0.2) is 0 Å². The number of hydrogen-bond donors (Lipinski definition) is 2. The second-order valence-electron chi connectivity index (χ2n) is 9.04. The summed E-state index contributed by atoms with van der Waals surface area (Å²) in [6.07, 6.45) is 5.55. The third-order valence-electron chi connectivity index (χ3n) is 6.15. The lowest BCUT2D eigenvalue weighted by Gasteiger charge is -2.23. The highest BCUT2D eigenvalue weighted by atomic mass is 32.1. The number of furan rings is 2. The summed E-state index contributed by atoms with van der Waals surface area (Å²) < 4.78 is 16.4. The van der Waals surface area contributed by atoms with E-state index in [9.17, 15) is 9.90 Å². The fraction of sp³-hybridized carbons (Fsp3) is 0.440. The van der Waals surface area contributed by atoms with Crippen molar-refractivity contribution in [3.63, 3.8) is 0 Å². The van der Waals surface area contributed by atoms with E-state index in [-0.39, 0.29) is 12.2 Å². The van der Waals surface area contributed by atoms with Gasteiger partial charge in [-0.05, 0) is 55.0 Å². The number of aromatic amines is 1. The minimum absolute atomic E-state index is 0.0765. The Morgan fingerprint density at radius 1 is 1.26 bits per heavy atom. The minimum Gasteiger partial charge on any atom is -0.468 e. The first kappa shape index (κ1) is 23.0. The van der Waals surface area contributed by atoms with Gasteiger partial charge in [-0.3, -0.25) is 9.69 Å². The largest absolute Gasteiger partial charge is 0.468 e. The van der Waals surface area contributed by atoms with Gasteiger partial charge in [0.25, 0.3) is 5.56 Å². The summed E-state index contributed by atoms with van der Waals surface area (Å²) in [5.41, 5.74) is 1.10. The lowest BCUT2D eigenvalue weighted by molar-refractivity contribution is 0.00125. The highest BCUT2D eigenvalue weighted by molar-refractivity contribution is 7.18. The minimum atomic E-state index is -0.726. The van der Waals surface area contributed by atoms with Crippen LogP contribution in [0.3, 0.4) is 0 Å². The van der Waals surface area contributed by atoms with Crippen molar-refractivity contribution in [2.75, 3.05) is 13.2 Å². The third kappa shape index (κ3) is 5.33. The van der Waals surface area contributed by atoms with Crippen LogP contribution < -0.4 is 5.56 Å². The molecule has 34 heavy (non-hydrogen) atoms. The van der Waals surface area contributed by atoms with Crippen LogP contribution in [0.2, 0.25) is 0 Å². The summed E-state index contributed by atoms with van der Waals surface area (Å²) in [7, 11) is 0. The summed E-state index contributed by atoms with van der Waals surface area (Å²) >= 11 is 1.64. The van der Waals surface area contributed by atoms with Crippen LogP contribution in [-0.4, -0.2) is 39.2 Å². The lowest BCUT2D eigenvalue weighted by Crippen LogP contribution is -2.35. The maximum atomic E-state index is 13.0. The van der Waals surface area contributed by atoms with Gasteiger partial charge in [-0.1, -0.05) is 6.92 Å². The molecule has 4 aromatic heterocycles. The van der Waals surface area contributed by atoms with Gasteiger partial charge >= 0.3 is 0 Å². The fourth-order valence-corrected chi connectivity index (χ4v) is 5.93. The molecular weight excluding hydrogens is 454 g/mol. The quantitative estimate of drug-likeness (QED) is 0.353. The first-order valence-electron chi connectivity index (χ1n) is 11.6. The van der Waals surface area contributed by atoms with Crippen LogP contribution in [0.15, 0.2) is 50.4 Å². The Kier molecular flexibility index (Phi) is 6.96. The Morgan fingerprint density at radius 3 is 2.82 bits per heavy atom. The Bertz CT molecular complexity index is 1260. The molecule has 0 aliphatic heterocycles. The molecule has 4 aromatic rings. The number of H-pyrrole nitrogens is 1. The Hall–Kier alpha value is -2.72. The summed E-state index contributed by atoms with van der Waals surface area (Å²) in [5.74, 6) is 2.70. The van der Waals surface area contributed by atoms with E-state index >= 15 is 0 Å². The second kappa shape index (κ2) is 10.3. The number of thiophene rings is 1. The molecular formula is C25H29N3O5S. The van der Waals surface area contributed by atoms with Crippen LogP contribution in [0.25, 0.3) is 10.2 Å². The summed E-state index contributed by atoms with van der Waals surface area (Å²) in [6.45, 7) is 3.90. The summed E-state index contributed by atoms with van der Waals surface area (Å²) in [6, 6.07) is 7.35. The molecule has 0 radical (unpaired) electrons. The highest BCUT2D eigenvalue weighted by Crippen LogP contribution is 2.35. The molecule has 0 fully saturated rings. The standard InChI is InChI=1S/C25H29N3O5S/c1-16-6-7-20-21(10-16)34-25-23(20)24(30)26-22(27-25)13-28(12-18-4-2-8-32-18)11-17(29)14-31-15-19-5-3-9-33-19/h2-5,8-9,16-17,29H,6-7,10-15H2,1H3,(H,26,27,30)/t16-,17-/m0/s1. The summed E-state index contributed by atoms with van der Waals surface area (Å²) in [4.78, 5) is 24.9. The van der Waals surface area contributed by atoms with Crippen molar-refractivity contribution in [2.45, 2.75) is 52.0 Å². The van der Waals surface area contributed by atoms with Gasteiger partial charge < -0.3 is 23.7 Å². The van der Waals surface area contributed by atoms with Crippen molar-refractivity contribution >= 4 is 21.6 Å². The monoisotopic (exact) mass is 483 g/mol. The van der Waals surface area contributed by atoms with Gasteiger partial charge in [-0.15, -0.1) is 11.3 Å². The van der Waals surface area contributed by atoms with Crippen LogP contribution in [0.5, 0.6) is 0 Å². The first-order chi connectivity index (χ1) is 16.5. The molecule has 1 aliphatic carbocycles. The van der Waals surface area contributed by atoms with Crippen LogP contribution in [0.4, 0.5) is 0 Å². The number of aromatic nitrogens is 2. The van der Waals surface area contributed by atoms with E-state index < -0.39 is 6.10 Å². The average molecular weight is 484 g/mol. The molecule has 5 rings (SSSR count). The molecule has 0 spiro atoms. The van der Waals surface area contributed by atoms with Crippen molar-refractivity contribution in [2.24, 2.45) is 5.92 Å². The third-order valence-corrected chi connectivity index (χ3v) is 7.30. The van der Waals surface area contributed by atoms with E-state index in [0.29, 0.717) is 43.7 Å². The first-order valence-corrected chi connectivity index (χ1v) is 12.4. The van der Waals surface area contributed by atoms with Gasteiger partial charge in [0.2, 0.25) is 0 Å². The van der Waals surface area contributed by atoms with Gasteiger partial charge in [-0.25, -0.2) is 4.98 Å². The van der Waals surface area contributed by atoms with E-state index in [1.54, 1.807) is 29.9 Å². The van der Waals surface area contributed by atoms with E-state index in [2.05, 4.69) is 11.9 Å². The van der Waals surface area contributed by atoms with E-state index in [0.717, 1.165) is 35.2 Å². The number of nitrogens with one attached hydrogen (secondary N) is 1. The second-order valence-corrected chi connectivity index (χ2v) is 10.1. The zero-order valence-electron chi connectivity index (χ0n) is 19.2. The smallest absolute Gasteiger partial charge is 0.259 e. The molecule has 0 aromatic carbocycles. The van der Waals surface area contributed by atoms with Crippen molar-refractivity contribution in [3.05, 3.63) is 74.9 Å². The van der Waals surface area contributed by atoms with Crippen molar-refractivity contribution in [1.82, 2.24) is 14.9 Å². The van der Waals surface area contributed by atoms with Gasteiger partial charge in [0.1, 0.15) is 28.8 Å². The number of aliphatic hydroxyl groups excluding tert-OH is 1. The predicted octanol–water partition coefficient (Wildman–Crippen LogP) is 3.88. The van der Waals surface area contributed by atoms with Gasteiger partial charge in [0.05, 0.1) is 43.7 Å². The Labute approximate surface area is 201 Å². The van der Waals surface area contributed by atoms with Crippen molar-refractivity contribution in [3.8, 4) is 0 Å². The number of hydrogen-bond acceptors (Lipinski definition) is 8. The molecule has 0 bridgehead atoms. The number of rotatable bonds is 10. The van der Waals surface area contributed by atoms with Crippen LogP contribution in [0.1, 0.15) is 41.1 Å². The maximum Gasteiger partial charge on any atom is 0.259 e. The number of aryl methyl sites for hydroxylation is 1. The molecule has 2 N–H and O–H groups in total. The molecule has 9 heteroatoms. The molecule has 0 amide bonds. The SMILES string of the molecule is C[C@H]1CCc2c(sc3nc(CN(Cc4ccco4)C[C@H](O)COCc4ccco4)[nH]c(=O)c23)C1. The Balaban J connectivity index is 1.30. The number of nitrogens with zero attached hydrogens (tertiary/aromatic N) is 2. The fourth-order valence-electron chi connectivity index (χ4n) is 4.53. The molecule has 8 nitrogen and oxygen atoms in total. The highest BCUT2D eigenvalue weighted by Gasteiger charge is 2.24. The van der Waals surface area contributed by atoms with E-state index in [4.69, 9.17) is 18.6 Å². The zero-order valence-corrected chi connectivity index (χ0v) is 20.0. The van der Waals surface area contributed by atoms with E-state index in [1.807, 2.05) is 23.1 Å². The number of fused-ring (bicyclic) bond motifs is 3.